The van der Waals surface area contributed by atoms with Gasteiger partial charge in [0.2, 0.25) is 0 Å². The third-order valence-electron chi connectivity index (χ3n) is 5.13. The molecule has 25 heavy (non-hydrogen) atoms. The van der Waals surface area contributed by atoms with Gasteiger partial charge in [0, 0.05) is 25.2 Å². The Morgan fingerprint density at radius 2 is 1.64 bits per heavy atom. The number of aliphatic hydroxyl groups is 2. The number of carbonyl (C=O) groups is 2. The second-order valence-electron chi connectivity index (χ2n) is 7.24. The molecule has 0 aromatic rings. The number of hydrogen-bond donors (Lipinski definition) is 3. The minimum atomic E-state index is -0.761. The summed E-state index contributed by atoms with van der Waals surface area (Å²) in [7, 11) is 0. The van der Waals surface area contributed by atoms with Gasteiger partial charge in [0.1, 0.15) is 0 Å². The van der Waals surface area contributed by atoms with Crippen LogP contribution < -0.4 is 0 Å². The van der Waals surface area contributed by atoms with Gasteiger partial charge in [-0.3, -0.25) is 9.59 Å². The van der Waals surface area contributed by atoms with Crippen molar-refractivity contribution in [3.8, 4) is 0 Å². The summed E-state index contributed by atoms with van der Waals surface area (Å²) in [6, 6.07) is 0. The fraction of sp³-hybridized carbons (Fsp3) is 0.800. The van der Waals surface area contributed by atoms with Crippen molar-refractivity contribution < 1.29 is 24.9 Å². The standard InChI is InChI=1S/C20H34O5/c1-2-3-6-9-15(21)12-13-17-16(18(22)14-19(17)23)10-7-4-5-8-11-20(24)25/h12-13,16-19,22-23H,2-11,14H2,1H3,(H,24,25)/t16-,17-,18-,19-/m1/s1. The third-order valence-corrected chi connectivity index (χ3v) is 5.13. The Labute approximate surface area is 151 Å². The maximum Gasteiger partial charge on any atom is 0.303 e. The normalized spacial score (nSPS) is 26.4. The van der Waals surface area contributed by atoms with Gasteiger partial charge < -0.3 is 15.3 Å². The maximum atomic E-state index is 11.9. The van der Waals surface area contributed by atoms with Crippen LogP contribution in [0.3, 0.4) is 0 Å². The van der Waals surface area contributed by atoms with Crippen molar-refractivity contribution in [2.75, 3.05) is 0 Å². The summed E-state index contributed by atoms with van der Waals surface area (Å²) in [6.07, 6.45) is 10.6. The molecule has 0 amide bonds. The van der Waals surface area contributed by atoms with Gasteiger partial charge in [-0.2, -0.15) is 0 Å². The van der Waals surface area contributed by atoms with Crippen LogP contribution in [-0.2, 0) is 9.59 Å². The topological polar surface area (TPSA) is 94.8 Å². The Kier molecular flexibility index (Phi) is 10.7. The van der Waals surface area contributed by atoms with Gasteiger partial charge in [0.25, 0.3) is 0 Å². The summed E-state index contributed by atoms with van der Waals surface area (Å²) < 4.78 is 0. The molecule has 0 saturated heterocycles. The van der Waals surface area contributed by atoms with E-state index in [9.17, 15) is 19.8 Å². The highest BCUT2D eigenvalue weighted by molar-refractivity contribution is 5.89. The lowest BCUT2D eigenvalue weighted by Crippen LogP contribution is -2.20. The van der Waals surface area contributed by atoms with Crippen molar-refractivity contribution in [3.05, 3.63) is 12.2 Å². The smallest absolute Gasteiger partial charge is 0.303 e. The van der Waals surface area contributed by atoms with Crippen LogP contribution in [0.2, 0.25) is 0 Å². The molecular weight excluding hydrogens is 320 g/mol. The molecule has 4 atom stereocenters. The van der Waals surface area contributed by atoms with Gasteiger partial charge in [-0.25, -0.2) is 0 Å². The monoisotopic (exact) mass is 354 g/mol. The summed E-state index contributed by atoms with van der Waals surface area (Å²) in [6.45, 7) is 2.10. The first-order valence-corrected chi connectivity index (χ1v) is 9.74. The Morgan fingerprint density at radius 3 is 2.32 bits per heavy atom. The molecule has 0 heterocycles. The van der Waals surface area contributed by atoms with E-state index in [2.05, 4.69) is 6.92 Å². The number of rotatable bonds is 13. The SMILES string of the molecule is CCCCCC(=O)C=C[C@@H]1[C@@H](CCCCCCC(=O)O)[C@H](O)C[C@H]1O. The van der Waals surface area contributed by atoms with E-state index in [-0.39, 0.29) is 24.0 Å². The predicted octanol–water partition coefficient (Wildman–Crippen LogP) is 3.48. The van der Waals surface area contributed by atoms with Gasteiger partial charge in [-0.15, -0.1) is 0 Å². The lowest BCUT2D eigenvalue weighted by atomic mass is 9.88. The largest absolute Gasteiger partial charge is 0.481 e. The van der Waals surface area contributed by atoms with Crippen LogP contribution in [0.5, 0.6) is 0 Å². The number of carboxylic acids is 1. The van der Waals surface area contributed by atoms with Gasteiger partial charge in [0.05, 0.1) is 12.2 Å². The van der Waals surface area contributed by atoms with Crippen LogP contribution in [0.1, 0.15) is 77.6 Å². The molecule has 0 aliphatic heterocycles. The molecule has 5 heteroatoms. The van der Waals surface area contributed by atoms with Gasteiger partial charge in [-0.05, 0) is 31.3 Å². The molecule has 0 unspecified atom stereocenters. The Bertz CT molecular complexity index is 432. The van der Waals surface area contributed by atoms with E-state index in [1.165, 1.54) is 0 Å². The summed E-state index contributed by atoms with van der Waals surface area (Å²) in [5.74, 6) is -0.851. The average Bonchev–Trinajstić information content (AvgIpc) is 2.82. The van der Waals surface area contributed by atoms with E-state index in [1.54, 1.807) is 12.2 Å². The fourth-order valence-electron chi connectivity index (χ4n) is 3.64. The zero-order valence-corrected chi connectivity index (χ0v) is 15.4. The zero-order valence-electron chi connectivity index (χ0n) is 15.4. The summed E-state index contributed by atoms with van der Waals surface area (Å²) >= 11 is 0. The highest BCUT2D eigenvalue weighted by Crippen LogP contribution is 2.37. The second kappa shape index (κ2) is 12.2. The third kappa shape index (κ3) is 8.63. The number of aliphatic carboxylic acids is 1. The number of hydrogen-bond acceptors (Lipinski definition) is 4. The van der Waals surface area contributed by atoms with Gasteiger partial charge in [-0.1, -0.05) is 45.1 Å². The van der Waals surface area contributed by atoms with Crippen molar-refractivity contribution in [2.24, 2.45) is 11.8 Å². The van der Waals surface area contributed by atoms with Crippen molar-refractivity contribution in [2.45, 2.75) is 89.8 Å². The molecule has 1 aliphatic carbocycles. The van der Waals surface area contributed by atoms with E-state index in [0.29, 0.717) is 19.3 Å². The molecule has 0 aromatic heterocycles. The minimum absolute atomic E-state index is 0.0193. The summed E-state index contributed by atoms with van der Waals surface area (Å²) in [5.41, 5.74) is 0. The van der Waals surface area contributed by atoms with Crippen molar-refractivity contribution in [3.63, 3.8) is 0 Å². The first kappa shape index (κ1) is 21.8. The molecule has 1 fully saturated rings. The average molecular weight is 354 g/mol. The number of carbonyl (C=O) groups excluding carboxylic acids is 1. The summed E-state index contributed by atoms with van der Waals surface area (Å²) in [5, 5.41) is 29.0. The number of unbranched alkanes of at least 4 members (excludes halogenated alkanes) is 5. The van der Waals surface area contributed by atoms with Gasteiger partial charge in [0.15, 0.2) is 5.78 Å². The highest BCUT2D eigenvalue weighted by atomic mass is 16.4. The van der Waals surface area contributed by atoms with Crippen LogP contribution in [0.15, 0.2) is 12.2 Å². The van der Waals surface area contributed by atoms with E-state index in [0.717, 1.165) is 44.9 Å². The molecule has 1 saturated carbocycles. The van der Waals surface area contributed by atoms with Crippen LogP contribution in [0, 0.1) is 11.8 Å². The van der Waals surface area contributed by atoms with Crippen LogP contribution in [0.25, 0.3) is 0 Å². The lowest BCUT2D eigenvalue weighted by molar-refractivity contribution is -0.137. The quantitative estimate of drug-likeness (QED) is 0.348. The first-order valence-electron chi connectivity index (χ1n) is 9.74. The Balaban J connectivity index is 2.39. The molecule has 5 nitrogen and oxygen atoms in total. The highest BCUT2D eigenvalue weighted by Gasteiger charge is 2.39. The molecule has 0 radical (unpaired) electrons. The fourth-order valence-corrected chi connectivity index (χ4v) is 3.64. The molecule has 0 aromatic carbocycles. The second-order valence-corrected chi connectivity index (χ2v) is 7.24. The molecule has 0 spiro atoms. The van der Waals surface area contributed by atoms with E-state index in [4.69, 9.17) is 5.11 Å². The molecule has 1 rings (SSSR count). The molecule has 3 N–H and O–H groups in total. The number of aliphatic hydroxyl groups excluding tert-OH is 2. The zero-order chi connectivity index (χ0) is 18.7. The Hall–Kier alpha value is -1.20. The number of allylic oxidation sites excluding steroid dienone is 1. The molecule has 0 bridgehead atoms. The summed E-state index contributed by atoms with van der Waals surface area (Å²) in [4.78, 5) is 22.4. The first-order chi connectivity index (χ1) is 12.0. The van der Waals surface area contributed by atoms with Crippen LogP contribution in [0.4, 0.5) is 0 Å². The van der Waals surface area contributed by atoms with E-state index >= 15 is 0 Å². The lowest BCUT2D eigenvalue weighted by Gasteiger charge is -2.20. The van der Waals surface area contributed by atoms with Crippen molar-refractivity contribution in [1.82, 2.24) is 0 Å². The predicted molar refractivity (Wildman–Crippen MR) is 97.2 cm³/mol. The van der Waals surface area contributed by atoms with Crippen LogP contribution in [-0.4, -0.2) is 39.3 Å². The number of ketones is 1. The maximum absolute atomic E-state index is 11.9. The molecule has 1 aliphatic rings. The molecule has 144 valence electrons. The van der Waals surface area contributed by atoms with E-state index < -0.39 is 18.2 Å². The van der Waals surface area contributed by atoms with Gasteiger partial charge >= 0.3 is 5.97 Å². The molecular formula is C20H34O5. The minimum Gasteiger partial charge on any atom is -0.481 e. The van der Waals surface area contributed by atoms with Crippen molar-refractivity contribution >= 4 is 11.8 Å². The van der Waals surface area contributed by atoms with Crippen LogP contribution >= 0.6 is 0 Å². The number of carboxylic acid groups (broad SMARTS) is 1. The van der Waals surface area contributed by atoms with Crippen molar-refractivity contribution in [1.29, 1.82) is 0 Å². The Morgan fingerprint density at radius 1 is 0.960 bits per heavy atom. The van der Waals surface area contributed by atoms with E-state index in [1.807, 2.05) is 0 Å².